The summed E-state index contributed by atoms with van der Waals surface area (Å²) in [5.74, 6) is 1.06. The van der Waals surface area contributed by atoms with E-state index >= 15 is 0 Å². The molecule has 2 N–H and O–H groups in total. The third kappa shape index (κ3) is 6.57. The highest BCUT2D eigenvalue weighted by molar-refractivity contribution is 14.0. The molecule has 1 aromatic rings. The van der Waals surface area contributed by atoms with E-state index in [0.717, 1.165) is 45.1 Å². The van der Waals surface area contributed by atoms with Gasteiger partial charge in [-0.25, -0.2) is 0 Å². The summed E-state index contributed by atoms with van der Waals surface area (Å²) < 4.78 is 0. The fraction of sp³-hybridized carbons (Fsp3) is 0.636. The maximum atomic E-state index is 11.9. The Hall–Kier alpha value is -1.35. The highest BCUT2D eigenvalue weighted by atomic mass is 127. The maximum absolute atomic E-state index is 11.9. The third-order valence-electron chi connectivity index (χ3n) is 5.91. The zero-order chi connectivity index (χ0) is 19.9. The standard InChI is InChI=1S/C22H35N5O.HI/c1-4-21(28)27-14-11-19(16-27)25-22(23-3)24-15-20(26-12-5-6-13-26)18-9-7-17(2)8-10-18;/h7-10,19-20H,4-6,11-16H2,1-3H3,(H2,23,24,25);1H. The van der Waals surface area contributed by atoms with E-state index in [-0.39, 0.29) is 35.9 Å². The molecule has 1 aromatic carbocycles. The van der Waals surface area contributed by atoms with Crippen LogP contribution in [-0.2, 0) is 4.79 Å². The molecule has 3 rings (SSSR count). The van der Waals surface area contributed by atoms with Crippen LogP contribution in [0.15, 0.2) is 29.3 Å². The van der Waals surface area contributed by atoms with Crippen molar-refractivity contribution in [1.82, 2.24) is 20.4 Å². The fourth-order valence-corrected chi connectivity index (χ4v) is 4.21. The second-order valence-corrected chi connectivity index (χ2v) is 7.95. The van der Waals surface area contributed by atoms with Gasteiger partial charge in [-0.1, -0.05) is 36.8 Å². The van der Waals surface area contributed by atoms with Gasteiger partial charge in [-0.05, 0) is 44.8 Å². The molecule has 0 spiro atoms. The number of carbonyl (C=O) groups is 1. The van der Waals surface area contributed by atoms with E-state index in [9.17, 15) is 4.79 Å². The number of aryl methyl sites for hydroxylation is 1. The molecule has 2 saturated heterocycles. The maximum Gasteiger partial charge on any atom is 0.222 e. The molecule has 162 valence electrons. The summed E-state index contributed by atoms with van der Waals surface area (Å²) in [6, 6.07) is 9.52. The summed E-state index contributed by atoms with van der Waals surface area (Å²) in [6.07, 6.45) is 4.10. The van der Waals surface area contributed by atoms with Crippen molar-refractivity contribution in [3.05, 3.63) is 35.4 Å². The van der Waals surface area contributed by atoms with E-state index in [1.165, 1.54) is 24.0 Å². The average molecular weight is 513 g/mol. The number of benzene rings is 1. The Morgan fingerprint density at radius 1 is 1.21 bits per heavy atom. The van der Waals surface area contributed by atoms with Gasteiger partial charge in [-0.3, -0.25) is 14.7 Å². The Bertz CT molecular complexity index is 672. The zero-order valence-corrected chi connectivity index (χ0v) is 20.3. The molecule has 2 unspecified atom stereocenters. The molecule has 2 fully saturated rings. The molecule has 1 amide bonds. The molecule has 7 heteroatoms. The van der Waals surface area contributed by atoms with Gasteiger partial charge in [-0.15, -0.1) is 24.0 Å². The molecule has 0 bridgehead atoms. The number of likely N-dealkylation sites (tertiary alicyclic amines) is 2. The summed E-state index contributed by atoms with van der Waals surface area (Å²) in [6.45, 7) is 8.79. The lowest BCUT2D eigenvalue weighted by atomic mass is 10.0. The minimum atomic E-state index is 0. The molecule has 2 aliphatic heterocycles. The van der Waals surface area contributed by atoms with Crippen LogP contribution in [0.4, 0.5) is 0 Å². The van der Waals surface area contributed by atoms with Crippen LogP contribution in [0.1, 0.15) is 49.8 Å². The smallest absolute Gasteiger partial charge is 0.222 e. The quantitative estimate of drug-likeness (QED) is 0.349. The summed E-state index contributed by atoms with van der Waals surface area (Å²) in [5, 5.41) is 7.05. The van der Waals surface area contributed by atoms with Gasteiger partial charge in [-0.2, -0.15) is 0 Å². The van der Waals surface area contributed by atoms with Crippen LogP contribution in [-0.4, -0.2) is 67.5 Å². The fourth-order valence-electron chi connectivity index (χ4n) is 4.21. The lowest BCUT2D eigenvalue weighted by molar-refractivity contribution is -0.129. The normalized spacial score (nSPS) is 21.0. The van der Waals surface area contributed by atoms with Crippen molar-refractivity contribution >= 4 is 35.8 Å². The number of nitrogens with zero attached hydrogens (tertiary/aromatic N) is 3. The highest BCUT2D eigenvalue weighted by Crippen LogP contribution is 2.25. The van der Waals surface area contributed by atoms with Gasteiger partial charge in [0.05, 0.1) is 6.04 Å². The van der Waals surface area contributed by atoms with Crippen LogP contribution in [0, 0.1) is 6.92 Å². The van der Waals surface area contributed by atoms with E-state index in [0.29, 0.717) is 12.5 Å². The van der Waals surface area contributed by atoms with Crippen LogP contribution < -0.4 is 10.6 Å². The largest absolute Gasteiger partial charge is 0.354 e. The van der Waals surface area contributed by atoms with Gasteiger partial charge in [0.15, 0.2) is 5.96 Å². The molecule has 0 radical (unpaired) electrons. The predicted molar refractivity (Wildman–Crippen MR) is 130 cm³/mol. The van der Waals surface area contributed by atoms with E-state index in [1.807, 2.05) is 18.9 Å². The van der Waals surface area contributed by atoms with Crippen LogP contribution in [0.2, 0.25) is 0 Å². The number of aliphatic imine (C=N–C) groups is 1. The topological polar surface area (TPSA) is 60.0 Å². The van der Waals surface area contributed by atoms with Gasteiger partial charge in [0.2, 0.25) is 5.91 Å². The molecular formula is C22H36IN5O. The summed E-state index contributed by atoms with van der Waals surface area (Å²) in [4.78, 5) is 20.8. The summed E-state index contributed by atoms with van der Waals surface area (Å²) >= 11 is 0. The number of carbonyl (C=O) groups excluding carboxylic acids is 1. The van der Waals surface area contributed by atoms with Gasteiger partial charge < -0.3 is 15.5 Å². The first kappa shape index (κ1) is 23.9. The number of amides is 1. The Balaban J connectivity index is 0.00000300. The number of rotatable bonds is 6. The SMILES string of the molecule is CCC(=O)N1CCC(NC(=NC)NCC(c2ccc(C)cc2)N2CCCC2)C1.I. The van der Waals surface area contributed by atoms with E-state index in [1.54, 1.807) is 0 Å². The zero-order valence-electron chi connectivity index (χ0n) is 18.0. The van der Waals surface area contributed by atoms with Crippen LogP contribution in [0.25, 0.3) is 0 Å². The van der Waals surface area contributed by atoms with E-state index in [2.05, 4.69) is 51.7 Å². The van der Waals surface area contributed by atoms with E-state index < -0.39 is 0 Å². The second kappa shape index (κ2) is 11.7. The van der Waals surface area contributed by atoms with Crippen LogP contribution in [0.3, 0.4) is 0 Å². The van der Waals surface area contributed by atoms with Crippen molar-refractivity contribution in [2.24, 2.45) is 4.99 Å². The molecule has 2 atom stereocenters. The second-order valence-electron chi connectivity index (χ2n) is 7.95. The molecule has 2 heterocycles. The first-order valence-electron chi connectivity index (χ1n) is 10.7. The highest BCUT2D eigenvalue weighted by Gasteiger charge is 2.27. The monoisotopic (exact) mass is 513 g/mol. The molecule has 29 heavy (non-hydrogen) atoms. The van der Waals surface area contributed by atoms with Crippen molar-refractivity contribution in [1.29, 1.82) is 0 Å². The first-order valence-corrected chi connectivity index (χ1v) is 10.7. The molecular weight excluding hydrogens is 477 g/mol. The van der Waals surface area contributed by atoms with Crippen molar-refractivity contribution < 1.29 is 4.79 Å². The van der Waals surface area contributed by atoms with Crippen molar-refractivity contribution in [3.63, 3.8) is 0 Å². The Labute approximate surface area is 192 Å². The first-order chi connectivity index (χ1) is 13.6. The Morgan fingerprint density at radius 3 is 2.52 bits per heavy atom. The molecule has 6 nitrogen and oxygen atoms in total. The predicted octanol–water partition coefficient (Wildman–Crippen LogP) is 2.93. The number of hydrogen-bond donors (Lipinski definition) is 2. The average Bonchev–Trinajstić information content (AvgIpc) is 3.40. The number of hydrogen-bond acceptors (Lipinski definition) is 3. The molecule has 0 aromatic heterocycles. The Morgan fingerprint density at radius 2 is 1.90 bits per heavy atom. The van der Waals surface area contributed by atoms with E-state index in [4.69, 9.17) is 0 Å². The van der Waals surface area contributed by atoms with Gasteiger partial charge in [0.25, 0.3) is 0 Å². The summed E-state index contributed by atoms with van der Waals surface area (Å²) in [7, 11) is 1.82. The lowest BCUT2D eigenvalue weighted by Crippen LogP contribution is -2.47. The summed E-state index contributed by atoms with van der Waals surface area (Å²) in [5.41, 5.74) is 2.65. The lowest BCUT2D eigenvalue weighted by Gasteiger charge is -2.29. The minimum Gasteiger partial charge on any atom is -0.354 e. The van der Waals surface area contributed by atoms with Gasteiger partial charge in [0.1, 0.15) is 0 Å². The molecule has 0 saturated carbocycles. The van der Waals surface area contributed by atoms with Gasteiger partial charge in [0, 0.05) is 39.1 Å². The number of nitrogens with one attached hydrogen (secondary N) is 2. The van der Waals surface area contributed by atoms with Crippen molar-refractivity contribution in [2.45, 2.75) is 51.6 Å². The number of halogens is 1. The molecule has 0 aliphatic carbocycles. The van der Waals surface area contributed by atoms with Gasteiger partial charge >= 0.3 is 0 Å². The molecule has 2 aliphatic rings. The van der Waals surface area contributed by atoms with Crippen molar-refractivity contribution in [2.75, 3.05) is 39.8 Å². The Kier molecular flexibility index (Phi) is 9.68. The van der Waals surface area contributed by atoms with Crippen LogP contribution in [0.5, 0.6) is 0 Å². The minimum absolute atomic E-state index is 0. The van der Waals surface area contributed by atoms with Crippen LogP contribution >= 0.6 is 24.0 Å². The number of guanidine groups is 1. The van der Waals surface area contributed by atoms with Crippen molar-refractivity contribution in [3.8, 4) is 0 Å². The third-order valence-corrected chi connectivity index (χ3v) is 5.91.